The van der Waals surface area contributed by atoms with E-state index >= 15 is 0 Å². The minimum atomic E-state index is 0. The summed E-state index contributed by atoms with van der Waals surface area (Å²) in [4.78, 5) is 0. The molecule has 0 fully saturated rings. The SMILES string of the molecule is C=Cc1ccc2[cH-]c3ccc(C=C)cc3c2c1.CC1[C-]=CC(C(C)(C)C)=C1.C[C](=[Zr+2])c1ccccc1.[Cl-].[Cl-]. The second-order valence-corrected chi connectivity index (χ2v) is 12.1. The standard InChI is InChI=1S/C17H13.C10H15.C8H8.2ClH.Zr/c1-3-12-5-7-14-11-15-8-6-13(4-2)10-17(15)16(14)9-12;1-8-5-6-9(7-8)10(2,3)4;1-2-8-6-4-3-5-7-8;;;/h3-11H,1-2H2;6-8H,1-4H3;3-7H,1H3;2*1H;/q2*-1;;;;+2/p-2. The van der Waals surface area contributed by atoms with E-state index in [-0.39, 0.29) is 24.8 Å². The second-order valence-electron chi connectivity index (χ2n) is 10.2. The molecule has 0 radical (unpaired) electrons. The molecular weight excluding hydrogens is 583 g/mol. The molecule has 0 spiro atoms. The van der Waals surface area contributed by atoms with Gasteiger partial charge in [0.1, 0.15) is 0 Å². The number of allylic oxidation sites excluding steroid dienone is 4. The van der Waals surface area contributed by atoms with Gasteiger partial charge in [-0.3, -0.25) is 6.08 Å². The fourth-order valence-electron chi connectivity index (χ4n) is 4.03. The molecule has 0 saturated heterocycles. The summed E-state index contributed by atoms with van der Waals surface area (Å²) >= 11 is 1.51. The summed E-state index contributed by atoms with van der Waals surface area (Å²) in [6.45, 7) is 18.7. The Kier molecular flexibility index (Phi) is 13.7. The molecule has 1 aliphatic carbocycles. The zero-order valence-corrected chi connectivity index (χ0v) is 27.0. The van der Waals surface area contributed by atoms with Crippen LogP contribution in [0.2, 0.25) is 0 Å². The second kappa shape index (κ2) is 15.4. The van der Waals surface area contributed by atoms with Crippen molar-refractivity contribution >= 4 is 36.9 Å². The van der Waals surface area contributed by atoms with E-state index in [9.17, 15) is 0 Å². The summed E-state index contributed by atoms with van der Waals surface area (Å²) in [5, 5.41) is 5.15. The molecule has 1 atom stereocenters. The molecule has 0 amide bonds. The summed E-state index contributed by atoms with van der Waals surface area (Å²) in [5.41, 5.74) is 5.41. The molecule has 38 heavy (non-hydrogen) atoms. The Morgan fingerprint density at radius 3 is 1.68 bits per heavy atom. The van der Waals surface area contributed by atoms with E-state index in [4.69, 9.17) is 0 Å². The van der Waals surface area contributed by atoms with Gasteiger partial charge in [-0.2, -0.15) is 11.6 Å². The molecule has 0 aromatic heterocycles. The minimum absolute atomic E-state index is 0. The van der Waals surface area contributed by atoms with Crippen molar-refractivity contribution in [3.8, 4) is 0 Å². The third-order valence-corrected chi connectivity index (χ3v) is 6.94. The van der Waals surface area contributed by atoms with Crippen molar-refractivity contribution in [2.75, 3.05) is 0 Å². The topological polar surface area (TPSA) is 0 Å². The van der Waals surface area contributed by atoms with Crippen molar-refractivity contribution in [2.45, 2.75) is 34.6 Å². The molecule has 3 heteroatoms. The first kappa shape index (κ1) is 33.9. The molecule has 0 nitrogen and oxygen atoms in total. The van der Waals surface area contributed by atoms with Gasteiger partial charge in [0.25, 0.3) is 0 Å². The smallest absolute Gasteiger partial charge is 1.00 e. The first-order valence-electron chi connectivity index (χ1n) is 12.4. The molecule has 0 saturated carbocycles. The zero-order valence-electron chi connectivity index (χ0n) is 23.0. The summed E-state index contributed by atoms with van der Waals surface area (Å²) in [6.07, 6.45) is 11.4. The Morgan fingerprint density at radius 2 is 1.37 bits per heavy atom. The maximum atomic E-state index is 3.82. The van der Waals surface area contributed by atoms with Crippen LogP contribution in [0, 0.1) is 17.4 Å². The molecular formula is C35H36Cl2Zr-2. The zero-order chi connectivity index (χ0) is 26.3. The summed E-state index contributed by atoms with van der Waals surface area (Å²) in [5.74, 6) is 0.522. The van der Waals surface area contributed by atoms with Crippen molar-refractivity contribution in [2.24, 2.45) is 11.3 Å². The van der Waals surface area contributed by atoms with Crippen LogP contribution in [0.5, 0.6) is 0 Å². The summed E-state index contributed by atoms with van der Waals surface area (Å²) in [6, 6.07) is 25.6. The Labute approximate surface area is 256 Å². The van der Waals surface area contributed by atoms with Crippen molar-refractivity contribution < 1.29 is 49.0 Å². The molecule has 0 heterocycles. The Balaban J connectivity index is 0.000000299. The van der Waals surface area contributed by atoms with Gasteiger partial charge in [0, 0.05) is 0 Å². The van der Waals surface area contributed by atoms with E-state index in [1.165, 1.54) is 60.1 Å². The number of benzene rings is 3. The minimum Gasteiger partial charge on any atom is -1.00 e. The summed E-state index contributed by atoms with van der Waals surface area (Å²) in [7, 11) is 0. The van der Waals surface area contributed by atoms with E-state index < -0.39 is 0 Å². The monoisotopic (exact) mass is 616 g/mol. The van der Waals surface area contributed by atoms with Crippen LogP contribution in [0.3, 0.4) is 0 Å². The molecule has 0 bridgehead atoms. The first-order chi connectivity index (χ1) is 17.1. The fourth-order valence-corrected chi connectivity index (χ4v) is 4.44. The molecule has 4 aromatic rings. The van der Waals surface area contributed by atoms with Crippen molar-refractivity contribution in [3.05, 3.63) is 126 Å². The molecule has 1 aliphatic rings. The predicted octanol–water partition coefficient (Wildman–Crippen LogP) is 3.75. The van der Waals surface area contributed by atoms with E-state index in [2.05, 4.69) is 133 Å². The summed E-state index contributed by atoms with van der Waals surface area (Å²) < 4.78 is 1.46. The van der Waals surface area contributed by atoms with Crippen LogP contribution in [-0.4, -0.2) is 3.21 Å². The average Bonchev–Trinajstić information content (AvgIpc) is 3.48. The molecule has 1 unspecified atom stereocenters. The molecule has 196 valence electrons. The third-order valence-electron chi connectivity index (χ3n) is 6.23. The number of hydrogen-bond donors (Lipinski definition) is 0. The maximum absolute atomic E-state index is 3.82. The Bertz CT molecular complexity index is 1370. The Morgan fingerprint density at radius 1 is 0.868 bits per heavy atom. The van der Waals surface area contributed by atoms with Crippen LogP contribution < -0.4 is 24.8 Å². The van der Waals surface area contributed by atoms with E-state index in [1.807, 2.05) is 18.2 Å². The average molecular weight is 619 g/mol. The van der Waals surface area contributed by atoms with Gasteiger partial charge in [-0.15, -0.1) is 39.7 Å². The third kappa shape index (κ3) is 9.23. The molecule has 4 aromatic carbocycles. The van der Waals surface area contributed by atoms with Crippen LogP contribution >= 0.6 is 0 Å². The first-order valence-corrected chi connectivity index (χ1v) is 13.7. The molecule has 0 aliphatic heterocycles. The largest absolute Gasteiger partial charge is 1.00 e. The number of hydrogen-bond acceptors (Lipinski definition) is 0. The van der Waals surface area contributed by atoms with Gasteiger partial charge in [0.15, 0.2) is 0 Å². The van der Waals surface area contributed by atoms with Gasteiger partial charge in [-0.25, -0.2) is 6.08 Å². The van der Waals surface area contributed by atoms with Crippen molar-refractivity contribution in [1.29, 1.82) is 0 Å². The van der Waals surface area contributed by atoms with Crippen LogP contribution in [0.15, 0.2) is 104 Å². The quantitative estimate of drug-likeness (QED) is 0.307. The van der Waals surface area contributed by atoms with Gasteiger partial charge < -0.3 is 24.8 Å². The Hall–Kier alpha value is -2.18. The normalized spacial score (nSPS) is 13.7. The van der Waals surface area contributed by atoms with E-state index in [1.54, 1.807) is 0 Å². The van der Waals surface area contributed by atoms with Gasteiger partial charge in [-0.05, 0) is 11.1 Å². The molecule has 5 rings (SSSR count). The maximum Gasteiger partial charge on any atom is -1.00 e. The number of halogens is 2. The van der Waals surface area contributed by atoms with Crippen molar-refractivity contribution in [3.63, 3.8) is 0 Å². The number of fused-ring (bicyclic) bond motifs is 3. The molecule has 0 N–H and O–H groups in total. The van der Waals surface area contributed by atoms with Crippen LogP contribution in [-0.2, 0) is 24.2 Å². The van der Waals surface area contributed by atoms with Crippen LogP contribution in [0.25, 0.3) is 33.7 Å². The van der Waals surface area contributed by atoms with Gasteiger partial charge in [-0.1, -0.05) is 88.6 Å². The van der Waals surface area contributed by atoms with Crippen LogP contribution in [0.4, 0.5) is 0 Å². The van der Waals surface area contributed by atoms with E-state index in [0.717, 1.165) is 11.1 Å². The predicted molar refractivity (Wildman–Crippen MR) is 158 cm³/mol. The van der Waals surface area contributed by atoms with Gasteiger partial charge in [0.2, 0.25) is 0 Å². The van der Waals surface area contributed by atoms with Gasteiger partial charge >= 0.3 is 70.3 Å². The van der Waals surface area contributed by atoms with Gasteiger partial charge in [0.05, 0.1) is 0 Å². The van der Waals surface area contributed by atoms with E-state index in [0.29, 0.717) is 11.3 Å². The fraction of sp³-hybridized carbons (Fsp3) is 0.200. The number of rotatable bonds is 3. The van der Waals surface area contributed by atoms with Crippen LogP contribution in [0.1, 0.15) is 51.3 Å². The van der Waals surface area contributed by atoms with Crippen molar-refractivity contribution in [1.82, 2.24) is 0 Å².